The first kappa shape index (κ1) is 18.8. The van der Waals surface area contributed by atoms with Gasteiger partial charge in [-0.2, -0.15) is 0 Å². The largest absolute Gasteiger partial charge is 0.444 e. The van der Waals surface area contributed by atoms with Gasteiger partial charge in [-0.25, -0.2) is 4.79 Å². The summed E-state index contributed by atoms with van der Waals surface area (Å²) in [5.41, 5.74) is 0.752. The minimum Gasteiger partial charge on any atom is -0.444 e. The maximum absolute atomic E-state index is 12.6. The standard InChI is InChI=1S/C18H28N2O3S/c1-13-8-11-24-15(13)12-19(5)16(21)14-6-9-20(10-7-14)17(22)23-18(2,3)4/h8,11,14H,6-7,9-10,12H2,1-5H3. The predicted molar refractivity (Wildman–Crippen MR) is 96.1 cm³/mol. The van der Waals surface area contributed by atoms with Crippen LogP contribution in [0.25, 0.3) is 0 Å². The van der Waals surface area contributed by atoms with Crippen molar-refractivity contribution in [3.05, 3.63) is 21.9 Å². The average Bonchev–Trinajstić information content (AvgIpc) is 2.90. The van der Waals surface area contributed by atoms with E-state index in [1.807, 2.05) is 32.7 Å². The van der Waals surface area contributed by atoms with Crippen LogP contribution < -0.4 is 0 Å². The Hall–Kier alpha value is -1.56. The molecule has 0 bridgehead atoms. The summed E-state index contributed by atoms with van der Waals surface area (Å²) in [6.07, 6.45) is 1.12. The zero-order valence-electron chi connectivity index (χ0n) is 15.3. The van der Waals surface area contributed by atoms with E-state index in [1.165, 1.54) is 10.4 Å². The van der Waals surface area contributed by atoms with Gasteiger partial charge in [-0.3, -0.25) is 4.79 Å². The summed E-state index contributed by atoms with van der Waals surface area (Å²) < 4.78 is 5.40. The molecule has 2 heterocycles. The van der Waals surface area contributed by atoms with Crippen molar-refractivity contribution in [1.82, 2.24) is 9.80 Å². The van der Waals surface area contributed by atoms with Crippen molar-refractivity contribution in [2.45, 2.75) is 52.7 Å². The van der Waals surface area contributed by atoms with E-state index >= 15 is 0 Å². The number of hydrogen-bond donors (Lipinski definition) is 0. The van der Waals surface area contributed by atoms with E-state index in [2.05, 4.69) is 18.4 Å². The van der Waals surface area contributed by atoms with Gasteiger partial charge in [-0.15, -0.1) is 11.3 Å². The van der Waals surface area contributed by atoms with Crippen LogP contribution in [0, 0.1) is 12.8 Å². The van der Waals surface area contributed by atoms with Gasteiger partial charge in [0.2, 0.25) is 5.91 Å². The predicted octanol–water partition coefficient (Wildman–Crippen LogP) is 3.66. The Kier molecular flexibility index (Phi) is 5.91. The zero-order valence-corrected chi connectivity index (χ0v) is 16.1. The van der Waals surface area contributed by atoms with Gasteiger partial charge < -0.3 is 14.5 Å². The minimum absolute atomic E-state index is 0.00560. The van der Waals surface area contributed by atoms with Crippen molar-refractivity contribution in [3.63, 3.8) is 0 Å². The first-order valence-corrected chi connectivity index (χ1v) is 9.31. The Balaban J connectivity index is 1.84. The molecular formula is C18H28N2O3S. The molecule has 1 aliphatic heterocycles. The van der Waals surface area contributed by atoms with Crippen LogP contribution in [-0.2, 0) is 16.1 Å². The van der Waals surface area contributed by atoms with E-state index in [9.17, 15) is 9.59 Å². The van der Waals surface area contributed by atoms with Gasteiger partial charge in [-0.05, 0) is 57.5 Å². The summed E-state index contributed by atoms with van der Waals surface area (Å²) in [4.78, 5) is 29.5. The second-order valence-electron chi connectivity index (χ2n) is 7.46. The highest BCUT2D eigenvalue weighted by molar-refractivity contribution is 7.10. The first-order chi connectivity index (χ1) is 11.2. The highest BCUT2D eigenvalue weighted by Crippen LogP contribution is 2.23. The lowest BCUT2D eigenvalue weighted by atomic mass is 9.95. The lowest BCUT2D eigenvalue weighted by molar-refractivity contribution is -0.136. The lowest BCUT2D eigenvalue weighted by Crippen LogP contribution is -2.45. The highest BCUT2D eigenvalue weighted by Gasteiger charge is 2.31. The van der Waals surface area contributed by atoms with Crippen LogP contribution in [0.1, 0.15) is 44.1 Å². The molecule has 1 aromatic rings. The van der Waals surface area contributed by atoms with Crippen molar-refractivity contribution < 1.29 is 14.3 Å². The number of carbonyl (C=O) groups is 2. The Labute approximate surface area is 148 Å². The Morgan fingerprint density at radius 3 is 2.46 bits per heavy atom. The van der Waals surface area contributed by atoms with Crippen LogP contribution in [0.2, 0.25) is 0 Å². The monoisotopic (exact) mass is 352 g/mol. The first-order valence-electron chi connectivity index (χ1n) is 8.43. The number of ether oxygens (including phenoxy) is 1. The molecule has 0 N–H and O–H groups in total. The summed E-state index contributed by atoms with van der Waals surface area (Å²) in [5, 5.41) is 2.06. The van der Waals surface area contributed by atoms with Gasteiger partial charge in [-0.1, -0.05) is 0 Å². The molecule has 134 valence electrons. The van der Waals surface area contributed by atoms with Gasteiger partial charge in [0, 0.05) is 30.9 Å². The number of carbonyl (C=O) groups excluding carboxylic acids is 2. The number of nitrogens with zero attached hydrogens (tertiary/aromatic N) is 2. The fourth-order valence-corrected chi connectivity index (χ4v) is 3.77. The third-order valence-corrected chi connectivity index (χ3v) is 5.23. The van der Waals surface area contributed by atoms with Gasteiger partial charge in [0.1, 0.15) is 5.60 Å². The van der Waals surface area contributed by atoms with E-state index in [0.29, 0.717) is 32.5 Å². The molecule has 0 unspecified atom stereocenters. The van der Waals surface area contributed by atoms with Crippen LogP contribution in [0.5, 0.6) is 0 Å². The SMILES string of the molecule is Cc1ccsc1CN(C)C(=O)C1CCN(C(=O)OC(C)(C)C)CC1. The molecule has 1 aromatic heterocycles. The maximum atomic E-state index is 12.6. The summed E-state index contributed by atoms with van der Waals surface area (Å²) in [6, 6.07) is 2.08. The molecule has 0 radical (unpaired) electrons. The molecule has 0 spiro atoms. The van der Waals surface area contributed by atoms with Crippen molar-refractivity contribution in [2.75, 3.05) is 20.1 Å². The van der Waals surface area contributed by atoms with Crippen LogP contribution in [0.3, 0.4) is 0 Å². The minimum atomic E-state index is -0.484. The third kappa shape index (κ3) is 4.97. The van der Waals surface area contributed by atoms with Crippen molar-refractivity contribution in [1.29, 1.82) is 0 Å². The lowest BCUT2D eigenvalue weighted by Gasteiger charge is -2.34. The topological polar surface area (TPSA) is 49.9 Å². The number of hydrogen-bond acceptors (Lipinski definition) is 4. The zero-order chi connectivity index (χ0) is 17.9. The smallest absolute Gasteiger partial charge is 0.410 e. The van der Waals surface area contributed by atoms with Gasteiger partial charge in [0.15, 0.2) is 0 Å². The molecule has 0 aromatic carbocycles. The van der Waals surface area contributed by atoms with Crippen LogP contribution in [0.15, 0.2) is 11.4 Å². The highest BCUT2D eigenvalue weighted by atomic mass is 32.1. The fourth-order valence-electron chi connectivity index (χ4n) is 2.81. The molecule has 1 aliphatic rings. The molecule has 1 fully saturated rings. The van der Waals surface area contributed by atoms with E-state index < -0.39 is 5.60 Å². The molecule has 1 saturated heterocycles. The second-order valence-corrected chi connectivity index (χ2v) is 8.46. The molecule has 24 heavy (non-hydrogen) atoms. The summed E-state index contributed by atoms with van der Waals surface area (Å²) in [6.45, 7) is 9.49. The average molecular weight is 353 g/mol. The molecule has 6 heteroatoms. The second kappa shape index (κ2) is 7.55. The number of amides is 2. The fraction of sp³-hybridized carbons (Fsp3) is 0.667. The molecule has 0 atom stereocenters. The van der Waals surface area contributed by atoms with E-state index in [1.54, 1.807) is 16.2 Å². The maximum Gasteiger partial charge on any atom is 0.410 e. The van der Waals surface area contributed by atoms with Gasteiger partial charge >= 0.3 is 6.09 Å². The molecule has 0 aliphatic carbocycles. The van der Waals surface area contributed by atoms with Crippen LogP contribution in [0.4, 0.5) is 4.79 Å². The van der Waals surface area contributed by atoms with Crippen molar-refractivity contribution in [2.24, 2.45) is 5.92 Å². The Morgan fingerprint density at radius 1 is 1.33 bits per heavy atom. The van der Waals surface area contributed by atoms with Gasteiger partial charge in [0.25, 0.3) is 0 Å². The molecule has 5 nitrogen and oxygen atoms in total. The number of likely N-dealkylation sites (tertiary alicyclic amines) is 1. The normalized spacial score (nSPS) is 16.1. The quantitative estimate of drug-likeness (QED) is 0.834. The molecule has 2 amide bonds. The van der Waals surface area contributed by atoms with Crippen LogP contribution in [-0.4, -0.2) is 47.5 Å². The summed E-state index contributed by atoms with van der Waals surface area (Å²) in [5.74, 6) is 0.167. The molecule has 2 rings (SSSR count). The number of thiophene rings is 1. The summed E-state index contributed by atoms with van der Waals surface area (Å²) in [7, 11) is 1.86. The Morgan fingerprint density at radius 2 is 1.96 bits per heavy atom. The number of piperidine rings is 1. The van der Waals surface area contributed by atoms with Crippen molar-refractivity contribution >= 4 is 23.3 Å². The van der Waals surface area contributed by atoms with Crippen LogP contribution >= 0.6 is 11.3 Å². The van der Waals surface area contributed by atoms with E-state index in [0.717, 1.165) is 0 Å². The third-order valence-electron chi connectivity index (χ3n) is 4.22. The summed E-state index contributed by atoms with van der Waals surface area (Å²) >= 11 is 1.69. The Bertz CT molecular complexity index is 583. The van der Waals surface area contributed by atoms with E-state index in [4.69, 9.17) is 4.74 Å². The molecule has 0 saturated carbocycles. The van der Waals surface area contributed by atoms with E-state index in [-0.39, 0.29) is 17.9 Å². The number of rotatable bonds is 3. The molecular weight excluding hydrogens is 324 g/mol. The van der Waals surface area contributed by atoms with Crippen molar-refractivity contribution in [3.8, 4) is 0 Å². The van der Waals surface area contributed by atoms with Gasteiger partial charge in [0.05, 0.1) is 6.54 Å². The number of aryl methyl sites for hydroxylation is 1.